The number of nitrogens with one attached hydrogen (secondary N) is 1. The lowest BCUT2D eigenvalue weighted by Gasteiger charge is -2.30. The summed E-state index contributed by atoms with van der Waals surface area (Å²) in [5.74, 6) is 0.314. The van der Waals surface area contributed by atoms with Gasteiger partial charge in [-0.25, -0.2) is 0 Å². The number of ether oxygens (including phenoxy) is 1. The van der Waals surface area contributed by atoms with Gasteiger partial charge in [0.2, 0.25) is 0 Å². The highest BCUT2D eigenvalue weighted by molar-refractivity contribution is 5.65. The smallest absolute Gasteiger partial charge is 0.199 e. The summed E-state index contributed by atoms with van der Waals surface area (Å²) in [6.45, 7) is 2.96. The van der Waals surface area contributed by atoms with E-state index in [1.54, 1.807) is 6.20 Å². The van der Waals surface area contributed by atoms with Crippen LogP contribution in [-0.2, 0) is 5.41 Å². The molecule has 0 aliphatic carbocycles. The van der Waals surface area contributed by atoms with E-state index in [1.807, 2.05) is 50.3 Å². The summed E-state index contributed by atoms with van der Waals surface area (Å²) >= 11 is 0. The molecule has 3 rings (SSSR count). The van der Waals surface area contributed by atoms with Crippen molar-refractivity contribution in [3.63, 3.8) is 0 Å². The maximum Gasteiger partial charge on any atom is 0.199 e. The number of allylic oxidation sites excluding steroid dienone is 1. The van der Waals surface area contributed by atoms with Crippen LogP contribution in [0.15, 0.2) is 53.0 Å². The predicted molar refractivity (Wildman–Crippen MR) is 92.2 cm³/mol. The van der Waals surface area contributed by atoms with Gasteiger partial charge < -0.3 is 19.9 Å². The van der Waals surface area contributed by atoms with Crippen molar-refractivity contribution in [2.24, 2.45) is 0 Å². The minimum atomic E-state index is -1.16. The second-order valence-corrected chi connectivity index (χ2v) is 6.10. The first-order valence-corrected chi connectivity index (χ1v) is 7.91. The van der Waals surface area contributed by atoms with Gasteiger partial charge in [-0.1, -0.05) is 36.4 Å². The van der Waals surface area contributed by atoms with Crippen LogP contribution in [0.2, 0.25) is 0 Å². The Hall–Kier alpha value is -2.37. The maximum atomic E-state index is 13.1. The van der Waals surface area contributed by atoms with E-state index in [2.05, 4.69) is 4.98 Å². The number of hydrogen-bond donors (Lipinski definition) is 3. The van der Waals surface area contributed by atoms with E-state index in [1.165, 1.54) is 0 Å². The summed E-state index contributed by atoms with van der Waals surface area (Å²) in [6.07, 6.45) is 2.89. The summed E-state index contributed by atoms with van der Waals surface area (Å²) in [5.41, 5.74) is 1.03. The van der Waals surface area contributed by atoms with Crippen LogP contribution in [0.4, 0.5) is 0 Å². The molecule has 1 atom stereocenters. The van der Waals surface area contributed by atoms with Gasteiger partial charge >= 0.3 is 0 Å². The van der Waals surface area contributed by atoms with Crippen LogP contribution in [0, 0.1) is 0 Å². The average molecular weight is 327 g/mol. The lowest BCUT2D eigenvalue weighted by molar-refractivity contribution is 0.0586. The molecule has 0 unspecified atom stereocenters. The zero-order valence-corrected chi connectivity index (χ0v) is 13.7. The first kappa shape index (κ1) is 16.5. The molecular formula is C19H21NO4. The minimum absolute atomic E-state index is 0.232. The number of fused-ring (bicyclic) bond motifs is 1. The quantitative estimate of drug-likeness (QED) is 0.750. The summed E-state index contributed by atoms with van der Waals surface area (Å²) < 4.78 is 5.89. The first-order chi connectivity index (χ1) is 11.6. The van der Waals surface area contributed by atoms with Crippen molar-refractivity contribution < 1.29 is 14.9 Å². The number of aromatic amines is 1. The van der Waals surface area contributed by atoms with Crippen molar-refractivity contribution in [1.29, 1.82) is 0 Å². The molecule has 0 saturated carbocycles. The molecule has 1 aromatic carbocycles. The molecule has 1 aromatic heterocycles. The van der Waals surface area contributed by atoms with E-state index in [0.717, 1.165) is 11.1 Å². The molecule has 2 aromatic rings. The van der Waals surface area contributed by atoms with Gasteiger partial charge in [-0.3, -0.25) is 4.79 Å². The third-order valence-corrected chi connectivity index (χ3v) is 4.80. The molecule has 0 fully saturated rings. The highest BCUT2D eigenvalue weighted by atomic mass is 16.5. The summed E-state index contributed by atoms with van der Waals surface area (Å²) in [4.78, 5) is 16.1. The number of rotatable bonds is 4. The Morgan fingerprint density at radius 2 is 1.96 bits per heavy atom. The number of hydrogen-bond acceptors (Lipinski definition) is 4. The topological polar surface area (TPSA) is 82.6 Å². The Balaban J connectivity index is 2.24. The summed E-state index contributed by atoms with van der Waals surface area (Å²) in [5, 5.41) is 20.1. The normalized spacial score (nSPS) is 19.0. The van der Waals surface area contributed by atoms with Gasteiger partial charge in [-0.2, -0.15) is 0 Å². The highest BCUT2D eigenvalue weighted by Crippen LogP contribution is 2.43. The molecule has 1 aliphatic heterocycles. The van der Waals surface area contributed by atoms with Crippen LogP contribution in [0.25, 0.3) is 11.1 Å². The van der Waals surface area contributed by atoms with Crippen molar-refractivity contribution >= 4 is 0 Å². The summed E-state index contributed by atoms with van der Waals surface area (Å²) in [7, 11) is 0. The third-order valence-electron chi connectivity index (χ3n) is 4.80. The Kier molecular flexibility index (Phi) is 4.30. The maximum absolute atomic E-state index is 13.1. The Morgan fingerprint density at radius 3 is 2.54 bits per heavy atom. The molecule has 3 N–H and O–H groups in total. The highest BCUT2D eigenvalue weighted by Gasteiger charge is 2.51. The summed E-state index contributed by atoms with van der Waals surface area (Å²) in [6, 6.07) is 9.29. The standard InChI is InChI=1S/C19H21NO4/c1-3-12(2)17-19(10-21,11-22)15-16(23)14(9-20-18(15)24-17)13-7-5-4-6-8-13/h3-9,17,21-22H,10-11H2,1-2H3,(H,20,23)/b12-3+/t17-/m0/s1. The largest absolute Gasteiger partial charge is 0.470 e. The zero-order valence-electron chi connectivity index (χ0n) is 13.7. The second kappa shape index (κ2) is 6.26. The van der Waals surface area contributed by atoms with Crippen molar-refractivity contribution in [1.82, 2.24) is 4.98 Å². The molecule has 0 saturated heterocycles. The SMILES string of the molecule is C/C=C(\C)[C@@H]1Oc2[nH]cc(-c3ccccc3)c(=O)c2C1(CO)CO. The predicted octanol–water partition coefficient (Wildman–Crippen LogP) is 1.99. The van der Waals surface area contributed by atoms with Crippen molar-refractivity contribution in [3.05, 3.63) is 64.0 Å². The van der Waals surface area contributed by atoms with Crippen LogP contribution in [0.1, 0.15) is 19.4 Å². The molecular weight excluding hydrogens is 306 g/mol. The molecule has 0 spiro atoms. The van der Waals surface area contributed by atoms with Crippen LogP contribution in [-0.4, -0.2) is 34.5 Å². The van der Waals surface area contributed by atoms with E-state index in [4.69, 9.17) is 4.74 Å². The fraction of sp³-hybridized carbons (Fsp3) is 0.316. The van der Waals surface area contributed by atoms with Crippen LogP contribution in [0.5, 0.6) is 5.88 Å². The van der Waals surface area contributed by atoms with Crippen molar-refractivity contribution in [2.45, 2.75) is 25.4 Å². The number of H-pyrrole nitrogens is 1. The van der Waals surface area contributed by atoms with E-state index >= 15 is 0 Å². The fourth-order valence-corrected chi connectivity index (χ4v) is 3.31. The molecule has 2 heterocycles. The van der Waals surface area contributed by atoms with E-state index in [0.29, 0.717) is 17.0 Å². The van der Waals surface area contributed by atoms with Crippen molar-refractivity contribution in [3.8, 4) is 17.0 Å². The lowest BCUT2D eigenvalue weighted by atomic mass is 9.75. The molecule has 5 heteroatoms. The van der Waals surface area contributed by atoms with Gasteiger partial charge in [-0.05, 0) is 25.0 Å². The molecule has 0 bridgehead atoms. The number of aliphatic hydroxyl groups excluding tert-OH is 2. The van der Waals surface area contributed by atoms with Gasteiger partial charge in [-0.15, -0.1) is 0 Å². The number of pyridine rings is 1. The number of aliphatic hydroxyl groups is 2. The molecule has 0 amide bonds. The van der Waals surface area contributed by atoms with Crippen LogP contribution >= 0.6 is 0 Å². The van der Waals surface area contributed by atoms with Gasteiger partial charge in [0, 0.05) is 11.8 Å². The number of aromatic nitrogens is 1. The van der Waals surface area contributed by atoms with Crippen LogP contribution < -0.4 is 10.2 Å². The Morgan fingerprint density at radius 1 is 1.29 bits per heavy atom. The first-order valence-electron chi connectivity index (χ1n) is 7.91. The fourth-order valence-electron chi connectivity index (χ4n) is 3.31. The van der Waals surface area contributed by atoms with E-state index in [-0.39, 0.29) is 18.6 Å². The molecule has 126 valence electrons. The molecule has 5 nitrogen and oxygen atoms in total. The van der Waals surface area contributed by atoms with E-state index in [9.17, 15) is 15.0 Å². The minimum Gasteiger partial charge on any atom is -0.470 e. The van der Waals surface area contributed by atoms with Crippen LogP contribution in [0.3, 0.4) is 0 Å². The molecule has 24 heavy (non-hydrogen) atoms. The Labute approximate surface area is 140 Å². The lowest BCUT2D eigenvalue weighted by Crippen LogP contribution is -2.47. The van der Waals surface area contributed by atoms with Gasteiger partial charge in [0.15, 0.2) is 11.3 Å². The van der Waals surface area contributed by atoms with Gasteiger partial charge in [0.05, 0.1) is 24.2 Å². The third kappa shape index (κ3) is 2.28. The second-order valence-electron chi connectivity index (χ2n) is 6.10. The molecule has 1 aliphatic rings. The zero-order chi connectivity index (χ0) is 17.3. The van der Waals surface area contributed by atoms with E-state index < -0.39 is 11.5 Å². The monoisotopic (exact) mass is 327 g/mol. The van der Waals surface area contributed by atoms with Crippen molar-refractivity contribution in [2.75, 3.05) is 13.2 Å². The number of benzene rings is 1. The van der Waals surface area contributed by atoms with Gasteiger partial charge in [0.25, 0.3) is 0 Å². The Bertz CT molecular complexity index is 819. The van der Waals surface area contributed by atoms with Gasteiger partial charge in [0.1, 0.15) is 6.10 Å². The molecule has 0 radical (unpaired) electrons. The average Bonchev–Trinajstić information content (AvgIpc) is 2.97.